The van der Waals surface area contributed by atoms with E-state index in [0.29, 0.717) is 28.6 Å². The summed E-state index contributed by atoms with van der Waals surface area (Å²) in [6.45, 7) is 0. The van der Waals surface area contributed by atoms with Crippen molar-refractivity contribution in [1.82, 2.24) is 4.98 Å². The zero-order valence-electron chi connectivity index (χ0n) is 11.9. The van der Waals surface area contributed by atoms with Gasteiger partial charge in [0.15, 0.2) is 0 Å². The lowest BCUT2D eigenvalue weighted by Crippen LogP contribution is -1.98. The maximum atomic E-state index is 11.0. The van der Waals surface area contributed by atoms with Gasteiger partial charge >= 0.3 is 0 Å². The quantitative estimate of drug-likeness (QED) is 0.672. The average molecular weight is 289 g/mol. The number of benzene rings is 1. The Bertz CT molecular complexity index is 651. The number of nitrogens with zero attached hydrogens (tertiary/aromatic N) is 2. The summed E-state index contributed by atoms with van der Waals surface area (Å²) in [5.41, 5.74) is 1.10. The van der Waals surface area contributed by atoms with Crippen molar-refractivity contribution in [2.45, 2.75) is 0 Å². The maximum absolute atomic E-state index is 11.0. The van der Waals surface area contributed by atoms with E-state index in [1.165, 1.54) is 12.1 Å². The van der Waals surface area contributed by atoms with E-state index in [2.05, 4.69) is 10.3 Å². The lowest BCUT2D eigenvalue weighted by Gasteiger charge is -2.09. The van der Waals surface area contributed by atoms with Crippen molar-refractivity contribution in [2.75, 3.05) is 26.6 Å². The van der Waals surface area contributed by atoms with Crippen molar-refractivity contribution < 1.29 is 14.4 Å². The third-order valence-corrected chi connectivity index (χ3v) is 2.92. The van der Waals surface area contributed by atoms with Gasteiger partial charge in [0, 0.05) is 24.7 Å². The zero-order chi connectivity index (χ0) is 15.4. The van der Waals surface area contributed by atoms with Gasteiger partial charge in [-0.25, -0.2) is 4.98 Å². The summed E-state index contributed by atoms with van der Waals surface area (Å²) in [5.74, 6) is 1.59. The van der Waals surface area contributed by atoms with Gasteiger partial charge in [-0.05, 0) is 12.1 Å². The van der Waals surface area contributed by atoms with Crippen LogP contribution in [0.1, 0.15) is 0 Å². The number of rotatable bonds is 5. The number of ether oxygens (including phenoxy) is 2. The molecule has 2 aromatic rings. The Morgan fingerprint density at radius 1 is 1.10 bits per heavy atom. The minimum atomic E-state index is -0.455. The van der Waals surface area contributed by atoms with Crippen LogP contribution in [0.2, 0.25) is 0 Å². The summed E-state index contributed by atoms with van der Waals surface area (Å²) >= 11 is 0. The van der Waals surface area contributed by atoms with Crippen LogP contribution in [0.4, 0.5) is 11.5 Å². The number of anilines is 1. The van der Waals surface area contributed by atoms with E-state index in [4.69, 9.17) is 9.47 Å². The highest BCUT2D eigenvalue weighted by atomic mass is 16.6. The molecule has 7 heteroatoms. The summed E-state index contributed by atoms with van der Waals surface area (Å²) in [7, 11) is 4.74. The summed E-state index contributed by atoms with van der Waals surface area (Å²) in [6, 6.07) is 8.00. The summed E-state index contributed by atoms with van der Waals surface area (Å²) in [6.07, 6.45) is 0. The fourth-order valence-corrected chi connectivity index (χ4v) is 1.85. The van der Waals surface area contributed by atoms with Gasteiger partial charge in [-0.15, -0.1) is 0 Å². The molecule has 0 bridgehead atoms. The highest BCUT2D eigenvalue weighted by Gasteiger charge is 2.13. The van der Waals surface area contributed by atoms with Crippen LogP contribution in [0.5, 0.6) is 11.5 Å². The number of aromatic nitrogens is 1. The number of hydrogen-bond acceptors (Lipinski definition) is 6. The predicted molar refractivity (Wildman–Crippen MR) is 79.0 cm³/mol. The van der Waals surface area contributed by atoms with Crippen LogP contribution in [0.25, 0.3) is 11.3 Å². The second-order valence-corrected chi connectivity index (χ2v) is 4.20. The molecular weight excluding hydrogens is 274 g/mol. The molecule has 0 atom stereocenters. The zero-order valence-corrected chi connectivity index (χ0v) is 11.9. The first-order chi connectivity index (χ1) is 10.1. The van der Waals surface area contributed by atoms with E-state index >= 15 is 0 Å². The lowest BCUT2D eigenvalue weighted by atomic mass is 10.1. The number of pyridine rings is 1. The predicted octanol–water partition coefficient (Wildman–Crippen LogP) is 2.72. The van der Waals surface area contributed by atoms with Gasteiger partial charge in [0.25, 0.3) is 5.69 Å². The molecule has 0 aliphatic heterocycles. The first kappa shape index (κ1) is 14.6. The van der Waals surface area contributed by atoms with Crippen molar-refractivity contribution in [1.29, 1.82) is 0 Å². The minimum Gasteiger partial charge on any atom is -0.497 e. The minimum absolute atomic E-state index is 0.0360. The van der Waals surface area contributed by atoms with E-state index in [-0.39, 0.29) is 5.69 Å². The summed E-state index contributed by atoms with van der Waals surface area (Å²) < 4.78 is 10.4. The standard InChI is InChI=1S/C14H15N3O4/c1-15-14-7-10(17(18)19)6-13(16-14)9-4-11(20-2)8-12(5-9)21-3/h4-8H,1-3H3,(H,15,16). The van der Waals surface area contributed by atoms with Crippen LogP contribution in [-0.2, 0) is 0 Å². The molecule has 0 fully saturated rings. The van der Waals surface area contributed by atoms with E-state index in [0.717, 1.165) is 0 Å². The van der Waals surface area contributed by atoms with E-state index in [1.54, 1.807) is 39.5 Å². The Morgan fingerprint density at radius 3 is 2.19 bits per heavy atom. The van der Waals surface area contributed by atoms with E-state index in [9.17, 15) is 10.1 Å². The molecule has 7 nitrogen and oxygen atoms in total. The average Bonchev–Trinajstić information content (AvgIpc) is 2.53. The Labute approximate surface area is 121 Å². The van der Waals surface area contributed by atoms with Crippen LogP contribution in [0.3, 0.4) is 0 Å². The van der Waals surface area contributed by atoms with Crippen LogP contribution in [0.15, 0.2) is 30.3 Å². The second-order valence-electron chi connectivity index (χ2n) is 4.20. The van der Waals surface area contributed by atoms with Gasteiger partial charge in [-0.1, -0.05) is 0 Å². The molecule has 0 unspecified atom stereocenters. The number of methoxy groups -OCH3 is 2. The highest BCUT2D eigenvalue weighted by Crippen LogP contribution is 2.31. The van der Waals surface area contributed by atoms with Gasteiger partial charge < -0.3 is 14.8 Å². The summed E-state index contributed by atoms with van der Waals surface area (Å²) in [5, 5.41) is 13.8. The van der Waals surface area contributed by atoms with E-state index < -0.39 is 4.92 Å². The molecule has 0 aliphatic carbocycles. The molecule has 1 heterocycles. The van der Waals surface area contributed by atoms with Crippen LogP contribution < -0.4 is 14.8 Å². The Balaban J connectivity index is 2.59. The van der Waals surface area contributed by atoms with Crippen molar-refractivity contribution in [3.05, 3.63) is 40.4 Å². The first-order valence-electron chi connectivity index (χ1n) is 6.15. The largest absolute Gasteiger partial charge is 0.497 e. The Morgan fingerprint density at radius 2 is 1.71 bits per heavy atom. The highest BCUT2D eigenvalue weighted by molar-refractivity contribution is 5.68. The molecule has 0 aliphatic rings. The molecule has 1 N–H and O–H groups in total. The Kier molecular flexibility index (Phi) is 4.22. The van der Waals surface area contributed by atoms with Crippen molar-refractivity contribution >= 4 is 11.5 Å². The molecule has 0 saturated heterocycles. The number of nitro groups is 1. The first-order valence-corrected chi connectivity index (χ1v) is 6.15. The SMILES string of the molecule is CNc1cc([N+](=O)[O-])cc(-c2cc(OC)cc(OC)c2)n1. The molecule has 21 heavy (non-hydrogen) atoms. The molecule has 110 valence electrons. The fourth-order valence-electron chi connectivity index (χ4n) is 1.85. The van der Waals surface area contributed by atoms with Crippen molar-refractivity contribution in [3.63, 3.8) is 0 Å². The molecular formula is C14H15N3O4. The van der Waals surface area contributed by atoms with Gasteiger partial charge in [0.05, 0.1) is 30.9 Å². The smallest absolute Gasteiger partial charge is 0.275 e. The van der Waals surface area contributed by atoms with Gasteiger partial charge in [-0.2, -0.15) is 0 Å². The number of nitrogens with one attached hydrogen (secondary N) is 1. The molecule has 0 radical (unpaired) electrons. The molecule has 1 aromatic carbocycles. The lowest BCUT2D eigenvalue weighted by molar-refractivity contribution is -0.384. The molecule has 0 saturated carbocycles. The van der Waals surface area contributed by atoms with Crippen LogP contribution >= 0.6 is 0 Å². The fraction of sp³-hybridized carbons (Fsp3) is 0.214. The molecule has 0 spiro atoms. The van der Waals surface area contributed by atoms with Gasteiger partial charge in [-0.3, -0.25) is 10.1 Å². The topological polar surface area (TPSA) is 86.5 Å². The maximum Gasteiger partial charge on any atom is 0.275 e. The number of hydrogen-bond donors (Lipinski definition) is 1. The van der Waals surface area contributed by atoms with Gasteiger partial charge in [0.2, 0.25) is 0 Å². The van der Waals surface area contributed by atoms with Crippen LogP contribution in [0, 0.1) is 10.1 Å². The Hall–Kier alpha value is -2.83. The van der Waals surface area contributed by atoms with Gasteiger partial charge in [0.1, 0.15) is 17.3 Å². The molecule has 1 aromatic heterocycles. The van der Waals surface area contributed by atoms with E-state index in [1.807, 2.05) is 0 Å². The van der Waals surface area contributed by atoms with Crippen molar-refractivity contribution in [2.24, 2.45) is 0 Å². The van der Waals surface area contributed by atoms with Crippen molar-refractivity contribution in [3.8, 4) is 22.8 Å². The van der Waals surface area contributed by atoms with Crippen LogP contribution in [-0.4, -0.2) is 31.2 Å². The third-order valence-electron chi connectivity index (χ3n) is 2.92. The third kappa shape index (κ3) is 3.19. The normalized spacial score (nSPS) is 10.0. The molecule has 0 amide bonds. The molecule has 2 rings (SSSR count). The second kappa shape index (κ2) is 6.08. The summed E-state index contributed by atoms with van der Waals surface area (Å²) in [4.78, 5) is 14.9. The monoisotopic (exact) mass is 289 g/mol.